The number of hydrogen-bond acceptors (Lipinski definition) is 3. The van der Waals surface area contributed by atoms with Gasteiger partial charge in [0.2, 0.25) is 0 Å². The van der Waals surface area contributed by atoms with Crippen LogP contribution >= 0.6 is 0 Å². The minimum absolute atomic E-state index is 0.191. The molecule has 1 amide bonds. The largest absolute Gasteiger partial charge is 0.364 e. The smallest absolute Gasteiger partial charge is 0.265 e. The van der Waals surface area contributed by atoms with E-state index >= 15 is 0 Å². The summed E-state index contributed by atoms with van der Waals surface area (Å²) in [5.74, 6) is -0.615. The molecule has 0 saturated heterocycles. The number of hydrogen-bond donors (Lipinski definition) is 2. The van der Waals surface area contributed by atoms with Gasteiger partial charge in [-0.05, 0) is 19.4 Å². The molecule has 0 aliphatic heterocycles. The lowest BCUT2D eigenvalue weighted by atomic mass is 10.2. The molecule has 1 heterocycles. The lowest BCUT2D eigenvalue weighted by Crippen LogP contribution is -2.16. The second-order valence-electron chi connectivity index (χ2n) is 3.09. The molecule has 0 spiro atoms. The van der Waals surface area contributed by atoms with Crippen LogP contribution in [0.25, 0.3) is 0 Å². The summed E-state index contributed by atoms with van der Waals surface area (Å²) in [5.41, 5.74) is 6.35. The second-order valence-corrected chi connectivity index (χ2v) is 4.05. The molecule has 0 atom stereocenters. The van der Waals surface area contributed by atoms with Crippen LogP contribution in [0.3, 0.4) is 0 Å². The van der Waals surface area contributed by atoms with Gasteiger partial charge in [-0.15, -0.1) is 0 Å². The van der Waals surface area contributed by atoms with Crippen LogP contribution in [0.4, 0.5) is 0 Å². The molecule has 78 valence electrons. The SMILES string of the molecule is Cc1c([SH](=O)=O)c(C)n(C)c1C(N)=O. The van der Waals surface area contributed by atoms with Gasteiger partial charge in [-0.25, -0.2) is 8.42 Å². The summed E-state index contributed by atoms with van der Waals surface area (Å²) in [7, 11) is -1.07. The number of aromatic nitrogens is 1. The fourth-order valence-corrected chi connectivity index (χ4v) is 2.37. The van der Waals surface area contributed by atoms with Gasteiger partial charge in [-0.3, -0.25) is 4.79 Å². The van der Waals surface area contributed by atoms with E-state index in [4.69, 9.17) is 5.73 Å². The Morgan fingerprint density at radius 2 is 1.86 bits per heavy atom. The van der Waals surface area contributed by atoms with Crippen molar-refractivity contribution in [2.24, 2.45) is 12.8 Å². The highest BCUT2D eigenvalue weighted by Crippen LogP contribution is 2.21. The standard InChI is InChI=1S/C8H12N2O3S/c1-4-6(8(9)11)10(3)5(2)7(4)14(12)13/h14H,1-3H3,(H2,9,11). The van der Waals surface area contributed by atoms with E-state index in [1.54, 1.807) is 20.9 Å². The van der Waals surface area contributed by atoms with Crippen molar-refractivity contribution in [3.8, 4) is 0 Å². The number of primary amides is 1. The first-order valence-electron chi connectivity index (χ1n) is 3.98. The lowest BCUT2D eigenvalue weighted by molar-refractivity contribution is 0.0991. The Bertz CT molecular complexity index is 463. The van der Waals surface area contributed by atoms with Crippen LogP contribution in [0.5, 0.6) is 0 Å². The van der Waals surface area contributed by atoms with E-state index < -0.39 is 16.6 Å². The summed E-state index contributed by atoms with van der Waals surface area (Å²) in [6.07, 6.45) is 0. The zero-order chi connectivity index (χ0) is 11.0. The van der Waals surface area contributed by atoms with Gasteiger partial charge >= 0.3 is 0 Å². The van der Waals surface area contributed by atoms with Gasteiger partial charge in [-0.2, -0.15) is 0 Å². The van der Waals surface area contributed by atoms with Crippen molar-refractivity contribution in [1.29, 1.82) is 0 Å². The molecule has 1 rings (SSSR count). The molecular formula is C8H12N2O3S. The zero-order valence-corrected chi connectivity index (χ0v) is 9.09. The maximum atomic E-state index is 11.0. The van der Waals surface area contributed by atoms with Crippen molar-refractivity contribution in [1.82, 2.24) is 4.57 Å². The number of nitrogens with zero attached hydrogens (tertiary/aromatic N) is 1. The predicted octanol–water partition coefficient (Wildman–Crippen LogP) is -0.289. The molecule has 14 heavy (non-hydrogen) atoms. The summed E-state index contributed by atoms with van der Waals surface area (Å²) in [4.78, 5) is 11.2. The van der Waals surface area contributed by atoms with Gasteiger partial charge in [0.25, 0.3) is 5.91 Å². The third-order valence-corrected chi connectivity index (χ3v) is 3.33. The van der Waals surface area contributed by atoms with Crippen LogP contribution in [0, 0.1) is 13.8 Å². The van der Waals surface area contributed by atoms with Crippen molar-refractivity contribution in [2.45, 2.75) is 18.7 Å². The van der Waals surface area contributed by atoms with E-state index in [1.165, 1.54) is 4.57 Å². The highest BCUT2D eigenvalue weighted by molar-refractivity contribution is 7.72. The Morgan fingerprint density at radius 1 is 1.36 bits per heavy atom. The normalized spacial score (nSPS) is 10.9. The Kier molecular flexibility index (Phi) is 2.66. The molecular weight excluding hydrogens is 204 g/mol. The van der Waals surface area contributed by atoms with Gasteiger partial charge in [0.1, 0.15) is 5.69 Å². The summed E-state index contributed by atoms with van der Waals surface area (Å²) in [6.45, 7) is 3.22. The van der Waals surface area contributed by atoms with Gasteiger partial charge in [0.05, 0.1) is 4.90 Å². The first kappa shape index (κ1) is 10.8. The Morgan fingerprint density at radius 3 is 2.07 bits per heavy atom. The van der Waals surface area contributed by atoms with Crippen molar-refractivity contribution in [2.75, 3.05) is 0 Å². The predicted molar refractivity (Wildman–Crippen MR) is 52.0 cm³/mol. The molecule has 2 N–H and O–H groups in total. The molecule has 0 aliphatic carbocycles. The third kappa shape index (κ3) is 1.41. The molecule has 1 aromatic heterocycles. The molecule has 0 unspecified atom stereocenters. The van der Waals surface area contributed by atoms with E-state index in [0.29, 0.717) is 11.3 Å². The highest BCUT2D eigenvalue weighted by Gasteiger charge is 2.19. The Hall–Kier alpha value is -1.30. The van der Waals surface area contributed by atoms with Crippen LogP contribution in [0.15, 0.2) is 4.90 Å². The maximum Gasteiger partial charge on any atom is 0.265 e. The fourth-order valence-electron chi connectivity index (χ4n) is 1.58. The molecule has 5 nitrogen and oxygen atoms in total. The molecule has 0 aliphatic rings. The number of nitrogens with two attached hydrogens (primary N) is 1. The number of amides is 1. The fraction of sp³-hybridized carbons (Fsp3) is 0.375. The number of rotatable bonds is 2. The summed E-state index contributed by atoms with van der Waals surface area (Å²) >= 11 is 0. The molecule has 0 bridgehead atoms. The molecule has 0 radical (unpaired) electrons. The minimum Gasteiger partial charge on any atom is -0.364 e. The van der Waals surface area contributed by atoms with Crippen LogP contribution < -0.4 is 5.73 Å². The third-order valence-electron chi connectivity index (χ3n) is 2.31. The van der Waals surface area contributed by atoms with Crippen LogP contribution in [0.1, 0.15) is 21.7 Å². The van der Waals surface area contributed by atoms with E-state index in [9.17, 15) is 13.2 Å². The van der Waals surface area contributed by atoms with E-state index in [1.807, 2.05) is 0 Å². The molecule has 1 aromatic rings. The van der Waals surface area contributed by atoms with Crippen molar-refractivity contribution >= 4 is 16.6 Å². The van der Waals surface area contributed by atoms with Crippen molar-refractivity contribution < 1.29 is 13.2 Å². The van der Waals surface area contributed by atoms with Crippen LogP contribution in [0.2, 0.25) is 0 Å². The Balaban J connectivity index is 3.66. The van der Waals surface area contributed by atoms with E-state index in [0.717, 1.165) is 0 Å². The monoisotopic (exact) mass is 216 g/mol. The topological polar surface area (TPSA) is 82.2 Å². The minimum atomic E-state index is -2.69. The van der Waals surface area contributed by atoms with Crippen LogP contribution in [-0.2, 0) is 17.8 Å². The number of thiol groups is 1. The van der Waals surface area contributed by atoms with E-state index in [2.05, 4.69) is 0 Å². The van der Waals surface area contributed by atoms with Crippen molar-refractivity contribution in [3.05, 3.63) is 17.0 Å². The van der Waals surface area contributed by atoms with Gasteiger partial charge in [0.15, 0.2) is 10.7 Å². The van der Waals surface area contributed by atoms with E-state index in [-0.39, 0.29) is 10.6 Å². The average molecular weight is 216 g/mol. The molecule has 0 aromatic carbocycles. The highest BCUT2D eigenvalue weighted by atomic mass is 32.2. The summed E-state index contributed by atoms with van der Waals surface area (Å²) in [6, 6.07) is 0. The molecule has 0 fully saturated rings. The lowest BCUT2D eigenvalue weighted by Gasteiger charge is -2.00. The first-order valence-corrected chi connectivity index (χ1v) is 5.15. The summed E-state index contributed by atoms with van der Waals surface area (Å²) in [5, 5.41) is 0. The number of carbonyl (C=O) groups is 1. The zero-order valence-electron chi connectivity index (χ0n) is 8.20. The van der Waals surface area contributed by atoms with Gasteiger partial charge in [-0.1, -0.05) is 0 Å². The summed E-state index contributed by atoms with van der Waals surface area (Å²) < 4.78 is 23.3. The molecule has 6 heteroatoms. The van der Waals surface area contributed by atoms with Gasteiger partial charge < -0.3 is 10.3 Å². The van der Waals surface area contributed by atoms with Crippen LogP contribution in [-0.4, -0.2) is 18.9 Å². The quantitative estimate of drug-likeness (QED) is 0.666. The Labute approximate surface area is 83.5 Å². The first-order chi connectivity index (χ1) is 6.37. The molecule has 0 saturated carbocycles. The number of carbonyl (C=O) groups excluding carboxylic acids is 1. The van der Waals surface area contributed by atoms with Gasteiger partial charge in [0, 0.05) is 12.7 Å². The average Bonchev–Trinajstić information content (AvgIpc) is 2.23. The van der Waals surface area contributed by atoms with Crippen molar-refractivity contribution in [3.63, 3.8) is 0 Å². The maximum absolute atomic E-state index is 11.0. The second kappa shape index (κ2) is 3.45.